The van der Waals surface area contributed by atoms with Crippen LogP contribution in [0, 0.1) is 0 Å². The Labute approximate surface area is 130 Å². The summed E-state index contributed by atoms with van der Waals surface area (Å²) in [6.45, 7) is 7.66. The minimum absolute atomic E-state index is 0.00753. The number of hydrogen-bond donors (Lipinski definition) is 2. The van der Waals surface area contributed by atoms with Gasteiger partial charge in [0, 0.05) is 6.54 Å². The molecule has 0 radical (unpaired) electrons. The third-order valence-corrected chi connectivity index (χ3v) is 4.16. The average molecular weight is 292 g/mol. The normalized spacial score (nSPS) is 14.3. The Hall–Kier alpha value is -0.900. The third kappa shape index (κ3) is 6.16. The summed E-state index contributed by atoms with van der Waals surface area (Å²) in [5.74, 6) is 0. The van der Waals surface area contributed by atoms with Gasteiger partial charge in [-0.3, -0.25) is 0 Å². The van der Waals surface area contributed by atoms with Crippen LogP contribution < -0.4 is 5.73 Å². The van der Waals surface area contributed by atoms with Crippen LogP contribution in [-0.2, 0) is 5.54 Å². The summed E-state index contributed by atoms with van der Waals surface area (Å²) in [4.78, 5) is 2.49. The van der Waals surface area contributed by atoms with E-state index in [0.29, 0.717) is 0 Å². The van der Waals surface area contributed by atoms with Gasteiger partial charge in [0.15, 0.2) is 0 Å². The second kappa shape index (κ2) is 9.93. The number of nitrogens with zero attached hydrogens (tertiary/aromatic N) is 1. The van der Waals surface area contributed by atoms with Crippen molar-refractivity contribution in [1.82, 2.24) is 4.90 Å². The van der Waals surface area contributed by atoms with Crippen LogP contribution in [0.15, 0.2) is 30.3 Å². The van der Waals surface area contributed by atoms with Gasteiger partial charge in [-0.15, -0.1) is 0 Å². The summed E-state index contributed by atoms with van der Waals surface area (Å²) in [6, 6.07) is 9.98. The van der Waals surface area contributed by atoms with Crippen molar-refractivity contribution in [1.29, 1.82) is 0 Å². The Morgan fingerprint density at radius 2 is 1.57 bits per heavy atom. The van der Waals surface area contributed by atoms with E-state index < -0.39 is 5.54 Å². The van der Waals surface area contributed by atoms with Crippen LogP contribution in [-0.4, -0.2) is 36.2 Å². The largest absolute Gasteiger partial charge is 0.394 e. The summed E-state index contributed by atoms with van der Waals surface area (Å²) in [5, 5.41) is 9.76. The lowest BCUT2D eigenvalue weighted by molar-refractivity contribution is 0.161. The Morgan fingerprint density at radius 3 is 2.05 bits per heavy atom. The molecular formula is C18H32N2O. The minimum Gasteiger partial charge on any atom is -0.394 e. The Balaban J connectivity index is 2.61. The monoisotopic (exact) mass is 292 g/mol. The van der Waals surface area contributed by atoms with Gasteiger partial charge in [0.05, 0.1) is 12.1 Å². The van der Waals surface area contributed by atoms with Gasteiger partial charge in [-0.2, -0.15) is 0 Å². The van der Waals surface area contributed by atoms with Crippen molar-refractivity contribution >= 4 is 0 Å². The molecule has 0 saturated carbocycles. The molecule has 0 spiro atoms. The fourth-order valence-corrected chi connectivity index (χ4v) is 2.54. The number of aliphatic hydroxyl groups is 1. The van der Waals surface area contributed by atoms with Crippen LogP contribution in [0.2, 0.25) is 0 Å². The minimum atomic E-state index is -0.627. The first-order chi connectivity index (χ1) is 10.2. The molecule has 0 amide bonds. The first-order valence-corrected chi connectivity index (χ1v) is 8.34. The molecule has 0 aliphatic heterocycles. The SMILES string of the molecule is CCCCN(CCCC)CCC(N)(CO)c1ccccc1. The number of benzene rings is 1. The summed E-state index contributed by atoms with van der Waals surface area (Å²) in [6.07, 6.45) is 5.68. The first-order valence-electron chi connectivity index (χ1n) is 8.34. The highest BCUT2D eigenvalue weighted by Gasteiger charge is 2.26. The van der Waals surface area contributed by atoms with Crippen molar-refractivity contribution in [2.24, 2.45) is 5.73 Å². The molecule has 1 unspecified atom stereocenters. The predicted octanol–water partition coefficient (Wildman–Crippen LogP) is 3.13. The van der Waals surface area contributed by atoms with Gasteiger partial charge in [0.2, 0.25) is 0 Å². The molecule has 0 bridgehead atoms. The molecule has 3 N–H and O–H groups in total. The molecule has 0 heterocycles. The van der Waals surface area contributed by atoms with Crippen molar-refractivity contribution in [2.75, 3.05) is 26.2 Å². The molecule has 0 saturated heterocycles. The molecule has 0 aliphatic carbocycles. The van der Waals surface area contributed by atoms with Gasteiger partial charge in [0.25, 0.3) is 0 Å². The molecule has 1 atom stereocenters. The standard InChI is InChI=1S/C18H32N2O/c1-3-5-13-20(14-6-4-2)15-12-18(19,16-21)17-10-8-7-9-11-17/h7-11,21H,3-6,12-16,19H2,1-2H3. The number of hydrogen-bond acceptors (Lipinski definition) is 3. The predicted molar refractivity (Wildman–Crippen MR) is 90.3 cm³/mol. The maximum Gasteiger partial charge on any atom is 0.0656 e. The molecule has 1 rings (SSSR count). The first kappa shape index (κ1) is 18.1. The van der Waals surface area contributed by atoms with E-state index in [4.69, 9.17) is 5.73 Å². The maximum absolute atomic E-state index is 9.76. The van der Waals surface area contributed by atoms with Gasteiger partial charge in [-0.05, 0) is 37.9 Å². The zero-order valence-electron chi connectivity index (χ0n) is 13.7. The zero-order valence-corrected chi connectivity index (χ0v) is 13.7. The van der Waals surface area contributed by atoms with Crippen LogP contribution in [0.25, 0.3) is 0 Å². The second-order valence-electron chi connectivity index (χ2n) is 5.98. The molecule has 3 heteroatoms. The molecular weight excluding hydrogens is 260 g/mol. The van der Waals surface area contributed by atoms with Crippen LogP contribution >= 0.6 is 0 Å². The number of nitrogens with two attached hydrogens (primary N) is 1. The number of rotatable bonds is 11. The fraction of sp³-hybridized carbons (Fsp3) is 0.667. The van der Waals surface area contributed by atoms with Gasteiger partial charge >= 0.3 is 0 Å². The molecule has 120 valence electrons. The van der Waals surface area contributed by atoms with Crippen molar-refractivity contribution in [3.8, 4) is 0 Å². The van der Waals surface area contributed by atoms with Gasteiger partial charge in [0.1, 0.15) is 0 Å². The van der Waals surface area contributed by atoms with Crippen molar-refractivity contribution in [3.05, 3.63) is 35.9 Å². The second-order valence-corrected chi connectivity index (χ2v) is 5.98. The molecule has 0 aromatic heterocycles. The van der Waals surface area contributed by atoms with E-state index >= 15 is 0 Å². The summed E-state index contributed by atoms with van der Waals surface area (Å²) in [7, 11) is 0. The van der Waals surface area contributed by atoms with Crippen LogP contribution in [0.5, 0.6) is 0 Å². The lowest BCUT2D eigenvalue weighted by Gasteiger charge is -2.31. The van der Waals surface area contributed by atoms with E-state index in [-0.39, 0.29) is 6.61 Å². The Bertz CT molecular complexity index is 361. The Kier molecular flexibility index (Phi) is 8.58. The molecule has 21 heavy (non-hydrogen) atoms. The van der Waals surface area contributed by atoms with Crippen molar-refractivity contribution in [3.63, 3.8) is 0 Å². The van der Waals surface area contributed by atoms with E-state index in [0.717, 1.165) is 31.6 Å². The molecule has 0 fully saturated rings. The van der Waals surface area contributed by atoms with E-state index in [1.807, 2.05) is 30.3 Å². The van der Waals surface area contributed by atoms with Crippen LogP contribution in [0.1, 0.15) is 51.5 Å². The fourth-order valence-electron chi connectivity index (χ4n) is 2.54. The maximum atomic E-state index is 9.76. The topological polar surface area (TPSA) is 49.5 Å². The molecule has 1 aromatic carbocycles. The van der Waals surface area contributed by atoms with E-state index in [1.54, 1.807) is 0 Å². The highest BCUT2D eigenvalue weighted by Crippen LogP contribution is 2.22. The van der Waals surface area contributed by atoms with Gasteiger partial charge < -0.3 is 15.7 Å². The van der Waals surface area contributed by atoms with Crippen molar-refractivity contribution < 1.29 is 5.11 Å². The summed E-state index contributed by atoms with van der Waals surface area (Å²) in [5.41, 5.74) is 6.85. The zero-order chi connectivity index (χ0) is 15.6. The number of unbranched alkanes of at least 4 members (excludes halogenated alkanes) is 2. The quantitative estimate of drug-likeness (QED) is 0.659. The van der Waals surface area contributed by atoms with Gasteiger partial charge in [-0.1, -0.05) is 57.0 Å². The smallest absolute Gasteiger partial charge is 0.0656 e. The van der Waals surface area contributed by atoms with Gasteiger partial charge in [-0.25, -0.2) is 0 Å². The van der Waals surface area contributed by atoms with E-state index in [2.05, 4.69) is 18.7 Å². The van der Waals surface area contributed by atoms with E-state index in [9.17, 15) is 5.11 Å². The lowest BCUT2D eigenvalue weighted by Crippen LogP contribution is -2.44. The lowest BCUT2D eigenvalue weighted by atomic mass is 9.88. The molecule has 3 nitrogen and oxygen atoms in total. The average Bonchev–Trinajstić information content (AvgIpc) is 2.54. The summed E-state index contributed by atoms with van der Waals surface area (Å²) >= 11 is 0. The number of aliphatic hydroxyl groups excluding tert-OH is 1. The van der Waals surface area contributed by atoms with Crippen LogP contribution in [0.4, 0.5) is 0 Å². The van der Waals surface area contributed by atoms with Crippen molar-refractivity contribution in [2.45, 2.75) is 51.5 Å². The summed E-state index contributed by atoms with van der Waals surface area (Å²) < 4.78 is 0. The molecule has 1 aromatic rings. The third-order valence-electron chi connectivity index (χ3n) is 4.16. The highest BCUT2D eigenvalue weighted by molar-refractivity contribution is 5.24. The van der Waals surface area contributed by atoms with E-state index in [1.165, 1.54) is 25.7 Å². The highest BCUT2D eigenvalue weighted by atomic mass is 16.3. The Morgan fingerprint density at radius 1 is 1.00 bits per heavy atom. The molecule has 0 aliphatic rings. The van der Waals surface area contributed by atoms with Crippen LogP contribution in [0.3, 0.4) is 0 Å².